The number of nitrogens with one attached hydrogen (secondary N) is 1. The zero-order chi connectivity index (χ0) is 16.0. The van der Waals surface area contributed by atoms with E-state index in [1.807, 2.05) is 13.8 Å². The third-order valence-corrected chi connectivity index (χ3v) is 4.82. The van der Waals surface area contributed by atoms with Gasteiger partial charge in [0, 0.05) is 17.0 Å². The van der Waals surface area contributed by atoms with Crippen molar-refractivity contribution in [1.82, 2.24) is 9.97 Å². The van der Waals surface area contributed by atoms with Crippen LogP contribution in [0.3, 0.4) is 0 Å². The first-order valence-electron chi connectivity index (χ1n) is 7.21. The molecule has 22 heavy (non-hydrogen) atoms. The molecule has 3 aromatic rings. The number of nitrogens with zero attached hydrogens (tertiary/aromatic N) is 1. The lowest BCUT2D eigenvalue weighted by Gasteiger charge is -2.09. The molecule has 0 aromatic carbocycles. The van der Waals surface area contributed by atoms with Crippen molar-refractivity contribution in [1.29, 1.82) is 0 Å². The van der Waals surface area contributed by atoms with Crippen LogP contribution >= 0.6 is 11.3 Å². The SMILES string of the molecule is Cc1cc(-c2[nH]c3cc(C(=O)O)sc3c2C(C)C)cc(C)n1. The third kappa shape index (κ3) is 2.41. The predicted octanol–water partition coefficient (Wildman–Crippen LogP) is 4.73. The van der Waals surface area contributed by atoms with E-state index in [1.165, 1.54) is 16.9 Å². The second kappa shape index (κ2) is 5.25. The van der Waals surface area contributed by atoms with Gasteiger partial charge >= 0.3 is 5.97 Å². The summed E-state index contributed by atoms with van der Waals surface area (Å²) in [6.45, 7) is 8.24. The van der Waals surface area contributed by atoms with Gasteiger partial charge in [0.15, 0.2) is 0 Å². The Morgan fingerprint density at radius 3 is 2.41 bits per heavy atom. The summed E-state index contributed by atoms with van der Waals surface area (Å²) in [5.74, 6) is -0.570. The number of carbonyl (C=O) groups is 1. The highest BCUT2D eigenvalue weighted by Gasteiger charge is 2.20. The molecule has 0 saturated carbocycles. The van der Waals surface area contributed by atoms with Gasteiger partial charge in [-0.25, -0.2) is 4.79 Å². The molecule has 114 valence electrons. The van der Waals surface area contributed by atoms with Gasteiger partial charge in [-0.2, -0.15) is 0 Å². The molecule has 0 aliphatic carbocycles. The molecule has 2 N–H and O–H groups in total. The number of rotatable bonds is 3. The summed E-state index contributed by atoms with van der Waals surface area (Å²) in [6, 6.07) is 5.84. The van der Waals surface area contributed by atoms with E-state index in [0.29, 0.717) is 10.8 Å². The van der Waals surface area contributed by atoms with E-state index in [9.17, 15) is 9.90 Å². The van der Waals surface area contributed by atoms with Gasteiger partial charge in [0.05, 0.1) is 15.9 Å². The second-order valence-electron chi connectivity index (χ2n) is 5.87. The van der Waals surface area contributed by atoms with Crippen molar-refractivity contribution in [2.24, 2.45) is 0 Å². The van der Waals surface area contributed by atoms with E-state index in [-0.39, 0.29) is 0 Å². The number of hydrogen-bond acceptors (Lipinski definition) is 3. The van der Waals surface area contributed by atoms with Crippen molar-refractivity contribution in [3.8, 4) is 11.3 Å². The van der Waals surface area contributed by atoms with Crippen LogP contribution in [0.1, 0.15) is 46.4 Å². The third-order valence-electron chi connectivity index (χ3n) is 3.66. The van der Waals surface area contributed by atoms with Crippen molar-refractivity contribution in [2.45, 2.75) is 33.6 Å². The highest BCUT2D eigenvalue weighted by molar-refractivity contribution is 7.21. The van der Waals surface area contributed by atoms with Crippen LogP contribution in [-0.2, 0) is 0 Å². The van der Waals surface area contributed by atoms with Crippen LogP contribution in [0.2, 0.25) is 0 Å². The van der Waals surface area contributed by atoms with Crippen molar-refractivity contribution in [3.05, 3.63) is 40.0 Å². The highest BCUT2D eigenvalue weighted by Crippen LogP contribution is 2.39. The van der Waals surface area contributed by atoms with Gasteiger partial charge in [0.1, 0.15) is 4.88 Å². The summed E-state index contributed by atoms with van der Waals surface area (Å²) < 4.78 is 1.04. The first kappa shape index (κ1) is 14.8. The number of thiophene rings is 1. The lowest BCUT2D eigenvalue weighted by molar-refractivity contribution is 0.0702. The molecule has 0 atom stereocenters. The first-order chi connectivity index (χ1) is 10.4. The quantitative estimate of drug-likeness (QED) is 0.734. The Balaban J connectivity index is 2.27. The minimum atomic E-state index is -0.874. The summed E-state index contributed by atoms with van der Waals surface area (Å²) in [5, 5.41) is 9.18. The molecule has 0 fully saturated rings. The molecule has 0 radical (unpaired) electrons. The van der Waals surface area contributed by atoms with Crippen LogP contribution in [0.15, 0.2) is 18.2 Å². The van der Waals surface area contributed by atoms with E-state index in [4.69, 9.17) is 0 Å². The maximum Gasteiger partial charge on any atom is 0.345 e. The smallest absolute Gasteiger partial charge is 0.345 e. The zero-order valence-electron chi connectivity index (χ0n) is 13.0. The number of carboxylic acid groups (broad SMARTS) is 1. The van der Waals surface area contributed by atoms with E-state index in [0.717, 1.165) is 32.9 Å². The number of fused-ring (bicyclic) bond motifs is 1. The number of pyridine rings is 1. The second-order valence-corrected chi connectivity index (χ2v) is 6.92. The average Bonchev–Trinajstić information content (AvgIpc) is 2.93. The molecular weight excluding hydrogens is 296 g/mol. The number of carboxylic acids is 1. The van der Waals surface area contributed by atoms with E-state index < -0.39 is 5.97 Å². The number of aromatic amines is 1. The maximum atomic E-state index is 11.2. The normalized spacial score (nSPS) is 11.5. The number of aromatic carboxylic acids is 1. The summed E-state index contributed by atoms with van der Waals surface area (Å²) >= 11 is 1.34. The van der Waals surface area contributed by atoms with Crippen LogP contribution in [-0.4, -0.2) is 21.0 Å². The molecular formula is C17H18N2O2S. The van der Waals surface area contributed by atoms with Crippen LogP contribution in [0, 0.1) is 13.8 Å². The van der Waals surface area contributed by atoms with E-state index in [1.54, 1.807) is 6.07 Å². The minimum Gasteiger partial charge on any atom is -0.477 e. The van der Waals surface area contributed by atoms with Gasteiger partial charge in [-0.1, -0.05) is 13.8 Å². The molecule has 0 spiro atoms. The van der Waals surface area contributed by atoms with Gasteiger partial charge in [0.25, 0.3) is 0 Å². The number of hydrogen-bond donors (Lipinski definition) is 2. The number of H-pyrrole nitrogens is 1. The summed E-state index contributed by atoms with van der Waals surface area (Å²) in [7, 11) is 0. The summed E-state index contributed by atoms with van der Waals surface area (Å²) in [5.41, 5.74) is 6.21. The monoisotopic (exact) mass is 314 g/mol. The molecule has 3 aromatic heterocycles. The van der Waals surface area contributed by atoms with Crippen LogP contribution in [0.25, 0.3) is 21.5 Å². The Labute approximate surface area is 132 Å². The largest absolute Gasteiger partial charge is 0.477 e. The maximum absolute atomic E-state index is 11.2. The molecule has 0 bridgehead atoms. The van der Waals surface area contributed by atoms with Crippen LogP contribution < -0.4 is 0 Å². The Bertz CT molecular complexity index is 854. The Kier molecular flexibility index (Phi) is 3.53. The fourth-order valence-electron chi connectivity index (χ4n) is 2.86. The van der Waals surface area contributed by atoms with Gasteiger partial charge < -0.3 is 10.1 Å². The van der Waals surface area contributed by atoms with E-state index in [2.05, 4.69) is 35.9 Å². The first-order valence-corrected chi connectivity index (χ1v) is 8.03. The van der Waals surface area contributed by atoms with Gasteiger partial charge in [0.2, 0.25) is 0 Å². The van der Waals surface area contributed by atoms with Crippen molar-refractivity contribution >= 4 is 27.5 Å². The topological polar surface area (TPSA) is 66.0 Å². The molecule has 3 heterocycles. The molecule has 0 amide bonds. The molecule has 4 nitrogen and oxygen atoms in total. The fraction of sp³-hybridized carbons (Fsp3) is 0.294. The standard InChI is InChI=1S/C17H18N2O2S/c1-8(2)14-15(11-5-9(3)18-10(4)6-11)19-12-7-13(17(20)21)22-16(12)14/h5-8,19H,1-4H3,(H,20,21). The predicted molar refractivity (Wildman–Crippen MR) is 89.9 cm³/mol. The Hall–Kier alpha value is -2.14. The zero-order valence-corrected chi connectivity index (χ0v) is 13.8. The molecule has 0 saturated heterocycles. The van der Waals surface area contributed by atoms with E-state index >= 15 is 0 Å². The molecule has 0 unspecified atom stereocenters. The van der Waals surface area contributed by atoms with Crippen molar-refractivity contribution < 1.29 is 9.90 Å². The summed E-state index contributed by atoms with van der Waals surface area (Å²) in [4.78, 5) is 19.4. The lowest BCUT2D eigenvalue weighted by Crippen LogP contribution is -1.94. The highest BCUT2D eigenvalue weighted by atomic mass is 32.1. The Morgan fingerprint density at radius 1 is 1.23 bits per heavy atom. The van der Waals surface area contributed by atoms with Gasteiger partial charge in [-0.3, -0.25) is 4.98 Å². The molecule has 0 aliphatic heterocycles. The summed E-state index contributed by atoms with van der Waals surface area (Å²) in [6.07, 6.45) is 0. The van der Waals surface area contributed by atoms with Gasteiger partial charge in [-0.15, -0.1) is 11.3 Å². The van der Waals surface area contributed by atoms with Crippen LogP contribution in [0.5, 0.6) is 0 Å². The fourth-order valence-corrected chi connectivity index (χ4v) is 4.01. The van der Waals surface area contributed by atoms with Crippen molar-refractivity contribution in [2.75, 3.05) is 0 Å². The van der Waals surface area contributed by atoms with Crippen molar-refractivity contribution in [3.63, 3.8) is 0 Å². The molecule has 0 aliphatic rings. The van der Waals surface area contributed by atoms with Gasteiger partial charge in [-0.05, 0) is 43.5 Å². The Morgan fingerprint density at radius 2 is 1.86 bits per heavy atom. The number of aryl methyl sites for hydroxylation is 2. The lowest BCUT2D eigenvalue weighted by atomic mass is 9.99. The minimum absolute atomic E-state index is 0.304. The molecule has 3 rings (SSSR count). The average molecular weight is 314 g/mol. The molecule has 5 heteroatoms. The number of aromatic nitrogens is 2. The van der Waals surface area contributed by atoms with Crippen LogP contribution in [0.4, 0.5) is 0 Å².